The Bertz CT molecular complexity index is 582. The first-order valence-electron chi connectivity index (χ1n) is 7.26. The summed E-state index contributed by atoms with van der Waals surface area (Å²) in [4.78, 5) is 4.73. The van der Waals surface area contributed by atoms with E-state index in [-0.39, 0.29) is 5.38 Å². The van der Waals surface area contributed by atoms with Crippen LogP contribution in [0, 0.1) is 12.8 Å². The number of nitrogens with zero attached hydrogens (tertiary/aromatic N) is 2. The third-order valence-corrected chi connectivity index (χ3v) is 4.47. The van der Waals surface area contributed by atoms with Crippen LogP contribution < -0.4 is 0 Å². The molecular weight excluding hydrogens is 256 g/mol. The Morgan fingerprint density at radius 1 is 1.42 bits per heavy atom. The van der Waals surface area contributed by atoms with Crippen molar-refractivity contribution in [2.45, 2.75) is 51.5 Å². The minimum Gasteiger partial charge on any atom is -0.327 e. The summed E-state index contributed by atoms with van der Waals surface area (Å²) >= 11 is 6.30. The Morgan fingerprint density at radius 3 is 2.84 bits per heavy atom. The monoisotopic (exact) mass is 276 g/mol. The van der Waals surface area contributed by atoms with Gasteiger partial charge in [-0.1, -0.05) is 25.3 Å². The first-order valence-corrected chi connectivity index (χ1v) is 7.69. The highest BCUT2D eigenvalue weighted by atomic mass is 35.5. The summed E-state index contributed by atoms with van der Waals surface area (Å²) in [7, 11) is 0. The Labute approximate surface area is 119 Å². The molecule has 3 rings (SSSR count). The van der Waals surface area contributed by atoms with Crippen molar-refractivity contribution in [3.8, 4) is 0 Å². The molecule has 1 aliphatic carbocycles. The minimum atomic E-state index is -0.0332. The zero-order valence-electron chi connectivity index (χ0n) is 11.7. The van der Waals surface area contributed by atoms with Crippen molar-refractivity contribution in [1.82, 2.24) is 9.55 Å². The fourth-order valence-corrected chi connectivity index (χ4v) is 3.06. The Hall–Kier alpha value is -1.02. The molecular formula is C16H21ClN2. The molecule has 0 bridgehead atoms. The van der Waals surface area contributed by atoms with Gasteiger partial charge in [-0.2, -0.15) is 0 Å². The standard InChI is InChI=1S/C16H21ClN2/c1-11-6-7-15-14(10-11)18-16(12(2)17)19(15)9-8-13-4-3-5-13/h6-7,10,12-13H,3-5,8-9H2,1-2H3. The van der Waals surface area contributed by atoms with E-state index in [1.165, 1.54) is 36.8 Å². The van der Waals surface area contributed by atoms with Crippen molar-refractivity contribution in [3.05, 3.63) is 29.6 Å². The van der Waals surface area contributed by atoms with Crippen molar-refractivity contribution in [2.24, 2.45) is 5.92 Å². The maximum atomic E-state index is 6.30. The van der Waals surface area contributed by atoms with E-state index in [1.807, 2.05) is 6.92 Å². The van der Waals surface area contributed by atoms with Crippen LogP contribution in [0.15, 0.2) is 18.2 Å². The smallest absolute Gasteiger partial charge is 0.127 e. The molecule has 1 aromatic heterocycles. The topological polar surface area (TPSA) is 17.8 Å². The van der Waals surface area contributed by atoms with Crippen molar-refractivity contribution in [3.63, 3.8) is 0 Å². The van der Waals surface area contributed by atoms with Crippen LogP contribution in [0.25, 0.3) is 11.0 Å². The van der Waals surface area contributed by atoms with Gasteiger partial charge in [0, 0.05) is 6.54 Å². The Kier molecular flexibility index (Phi) is 3.53. The number of rotatable bonds is 4. The minimum absolute atomic E-state index is 0.0332. The number of aryl methyl sites for hydroxylation is 2. The summed E-state index contributed by atoms with van der Waals surface area (Å²) in [5.74, 6) is 1.93. The van der Waals surface area contributed by atoms with Crippen LogP contribution in [0.2, 0.25) is 0 Å². The number of imidazole rings is 1. The van der Waals surface area contributed by atoms with E-state index in [1.54, 1.807) is 0 Å². The zero-order chi connectivity index (χ0) is 13.4. The summed E-state index contributed by atoms with van der Waals surface area (Å²) in [6, 6.07) is 6.49. The number of aromatic nitrogens is 2. The highest BCUT2D eigenvalue weighted by Crippen LogP contribution is 2.32. The summed E-state index contributed by atoms with van der Waals surface area (Å²) in [6.07, 6.45) is 5.47. The van der Waals surface area contributed by atoms with Gasteiger partial charge in [-0.15, -0.1) is 11.6 Å². The molecule has 2 nitrogen and oxygen atoms in total. The van der Waals surface area contributed by atoms with Crippen LogP contribution in [0.1, 0.15) is 49.4 Å². The van der Waals surface area contributed by atoms with Crippen molar-refractivity contribution in [2.75, 3.05) is 0 Å². The van der Waals surface area contributed by atoms with E-state index in [0.29, 0.717) is 0 Å². The van der Waals surface area contributed by atoms with Gasteiger partial charge in [-0.3, -0.25) is 0 Å². The first kappa shape index (κ1) is 13.0. The van der Waals surface area contributed by atoms with Gasteiger partial charge in [-0.25, -0.2) is 4.98 Å². The summed E-state index contributed by atoms with van der Waals surface area (Å²) in [5.41, 5.74) is 3.56. The van der Waals surface area contributed by atoms with Gasteiger partial charge < -0.3 is 4.57 Å². The lowest BCUT2D eigenvalue weighted by Crippen LogP contribution is -2.15. The molecule has 1 heterocycles. The third kappa shape index (κ3) is 2.51. The molecule has 0 saturated heterocycles. The maximum Gasteiger partial charge on any atom is 0.127 e. The molecule has 1 atom stereocenters. The van der Waals surface area contributed by atoms with Crippen molar-refractivity contribution in [1.29, 1.82) is 0 Å². The molecule has 1 unspecified atom stereocenters. The summed E-state index contributed by atoms with van der Waals surface area (Å²) in [6.45, 7) is 5.17. The number of benzene rings is 1. The molecule has 102 valence electrons. The van der Waals surface area contributed by atoms with Crippen LogP contribution in [0.5, 0.6) is 0 Å². The number of hydrogen-bond donors (Lipinski definition) is 0. The Morgan fingerprint density at radius 2 is 2.21 bits per heavy atom. The van der Waals surface area contributed by atoms with Gasteiger partial charge >= 0.3 is 0 Å². The molecule has 1 aromatic carbocycles. The van der Waals surface area contributed by atoms with E-state index >= 15 is 0 Å². The quantitative estimate of drug-likeness (QED) is 0.731. The molecule has 19 heavy (non-hydrogen) atoms. The van der Waals surface area contributed by atoms with E-state index in [9.17, 15) is 0 Å². The average molecular weight is 277 g/mol. The summed E-state index contributed by atoms with van der Waals surface area (Å²) in [5, 5.41) is -0.0332. The van der Waals surface area contributed by atoms with E-state index in [4.69, 9.17) is 16.6 Å². The van der Waals surface area contributed by atoms with Crippen LogP contribution in [0.4, 0.5) is 0 Å². The second-order valence-electron chi connectivity index (χ2n) is 5.82. The van der Waals surface area contributed by atoms with Crippen molar-refractivity contribution < 1.29 is 0 Å². The molecule has 1 saturated carbocycles. The third-order valence-electron chi connectivity index (χ3n) is 4.27. The SMILES string of the molecule is Cc1ccc2c(c1)nc(C(C)Cl)n2CCC1CCC1. The van der Waals surface area contributed by atoms with Gasteiger partial charge in [0.25, 0.3) is 0 Å². The highest BCUT2D eigenvalue weighted by Gasteiger charge is 2.20. The van der Waals surface area contributed by atoms with Crippen molar-refractivity contribution >= 4 is 22.6 Å². The van der Waals surface area contributed by atoms with Gasteiger partial charge in [0.05, 0.1) is 16.4 Å². The summed E-state index contributed by atoms with van der Waals surface area (Å²) < 4.78 is 2.32. The van der Waals surface area contributed by atoms with Crippen LogP contribution >= 0.6 is 11.6 Å². The van der Waals surface area contributed by atoms with Gasteiger partial charge in [-0.05, 0) is 43.9 Å². The fourth-order valence-electron chi connectivity index (χ4n) is 2.89. The maximum absolute atomic E-state index is 6.30. The normalized spacial score (nSPS) is 17.6. The van der Waals surface area contributed by atoms with E-state index in [0.717, 1.165) is 23.8 Å². The predicted molar refractivity (Wildman–Crippen MR) is 80.7 cm³/mol. The number of halogens is 1. The lowest BCUT2D eigenvalue weighted by molar-refractivity contribution is 0.282. The average Bonchev–Trinajstić information content (AvgIpc) is 2.65. The second kappa shape index (κ2) is 5.16. The van der Waals surface area contributed by atoms with E-state index in [2.05, 4.69) is 29.7 Å². The molecule has 2 aromatic rings. The number of alkyl halides is 1. The van der Waals surface area contributed by atoms with Crippen LogP contribution in [-0.4, -0.2) is 9.55 Å². The van der Waals surface area contributed by atoms with Crippen LogP contribution in [-0.2, 0) is 6.54 Å². The molecule has 0 radical (unpaired) electrons. The molecule has 1 fully saturated rings. The van der Waals surface area contributed by atoms with Gasteiger partial charge in [0.1, 0.15) is 5.82 Å². The largest absolute Gasteiger partial charge is 0.327 e. The second-order valence-corrected chi connectivity index (χ2v) is 6.47. The van der Waals surface area contributed by atoms with E-state index < -0.39 is 0 Å². The highest BCUT2D eigenvalue weighted by molar-refractivity contribution is 6.20. The molecule has 0 N–H and O–H groups in total. The molecule has 3 heteroatoms. The predicted octanol–water partition coefficient (Wildman–Crippen LogP) is 4.83. The Balaban J connectivity index is 1.95. The number of hydrogen-bond acceptors (Lipinski definition) is 1. The molecule has 1 aliphatic rings. The van der Waals surface area contributed by atoms with Gasteiger partial charge in [0.15, 0.2) is 0 Å². The fraction of sp³-hybridized carbons (Fsp3) is 0.562. The first-order chi connectivity index (χ1) is 9.15. The van der Waals surface area contributed by atoms with Gasteiger partial charge in [0.2, 0.25) is 0 Å². The molecule has 0 spiro atoms. The molecule has 0 amide bonds. The zero-order valence-corrected chi connectivity index (χ0v) is 12.5. The number of fused-ring (bicyclic) bond motifs is 1. The van der Waals surface area contributed by atoms with Crippen LogP contribution in [0.3, 0.4) is 0 Å². The lowest BCUT2D eigenvalue weighted by Gasteiger charge is -2.25. The molecule has 0 aliphatic heterocycles. The lowest BCUT2D eigenvalue weighted by atomic mass is 9.83.